The van der Waals surface area contributed by atoms with E-state index < -0.39 is 0 Å². The summed E-state index contributed by atoms with van der Waals surface area (Å²) in [5.74, 6) is 0.272. The van der Waals surface area contributed by atoms with E-state index in [1.165, 1.54) is 11.9 Å². The zero-order chi connectivity index (χ0) is 22.4. The summed E-state index contributed by atoms with van der Waals surface area (Å²) < 4.78 is 2.14. The summed E-state index contributed by atoms with van der Waals surface area (Å²) in [4.78, 5) is 11.7. The molecule has 0 radical (unpaired) electrons. The molecule has 0 aliphatic carbocycles. The van der Waals surface area contributed by atoms with Gasteiger partial charge in [-0.05, 0) is 37.1 Å². The number of nitrogens with one attached hydrogen (secondary N) is 1. The Hall–Kier alpha value is -3.42. The highest BCUT2D eigenvalue weighted by atomic mass is 35.5. The van der Waals surface area contributed by atoms with Crippen molar-refractivity contribution in [2.45, 2.75) is 20.4 Å². The molecule has 9 heteroatoms. The lowest BCUT2D eigenvalue weighted by Gasteiger charge is -2.07. The molecule has 0 unspecified atom stereocenters. The van der Waals surface area contributed by atoms with E-state index in [9.17, 15) is 5.11 Å². The van der Waals surface area contributed by atoms with Crippen molar-refractivity contribution in [3.05, 3.63) is 75.7 Å². The molecule has 0 saturated heterocycles. The van der Waals surface area contributed by atoms with Gasteiger partial charge in [0.05, 0.1) is 15.9 Å². The lowest BCUT2D eigenvalue weighted by atomic mass is 10.2. The number of aromatic nitrogens is 4. The van der Waals surface area contributed by atoms with E-state index in [1.807, 2.05) is 25.1 Å². The van der Waals surface area contributed by atoms with Crippen molar-refractivity contribution < 1.29 is 5.11 Å². The molecule has 32 heavy (non-hydrogen) atoms. The average molecular weight is 465 g/mol. The maximum absolute atomic E-state index is 10.4. The zero-order valence-corrected chi connectivity index (χ0v) is 18.8. The molecule has 7 nitrogen and oxygen atoms in total. The van der Waals surface area contributed by atoms with Gasteiger partial charge in [-0.15, -0.1) is 10.2 Å². The lowest BCUT2D eigenvalue weighted by molar-refractivity contribution is 0.459. The third-order valence-electron chi connectivity index (χ3n) is 5.58. The summed E-state index contributed by atoms with van der Waals surface area (Å²) in [6, 6.07) is 13.5. The van der Waals surface area contributed by atoms with Crippen LogP contribution in [0.15, 0.2) is 59.0 Å². The minimum absolute atomic E-state index is 0.146. The van der Waals surface area contributed by atoms with Gasteiger partial charge in [0.15, 0.2) is 11.5 Å². The van der Waals surface area contributed by atoms with Gasteiger partial charge in [0, 0.05) is 22.6 Å². The van der Waals surface area contributed by atoms with Crippen LogP contribution in [0.3, 0.4) is 0 Å². The highest BCUT2D eigenvalue weighted by molar-refractivity contribution is 6.39. The van der Waals surface area contributed by atoms with E-state index in [0.29, 0.717) is 33.3 Å². The van der Waals surface area contributed by atoms with Crippen LogP contribution in [0.5, 0.6) is 5.88 Å². The number of benzene rings is 2. The smallest absolute Gasteiger partial charge is 0.218 e. The van der Waals surface area contributed by atoms with E-state index >= 15 is 0 Å². The van der Waals surface area contributed by atoms with Gasteiger partial charge in [0.2, 0.25) is 5.88 Å². The van der Waals surface area contributed by atoms with Gasteiger partial charge in [-0.1, -0.05) is 53.5 Å². The molecule has 0 atom stereocenters. The van der Waals surface area contributed by atoms with E-state index in [1.54, 1.807) is 12.1 Å². The van der Waals surface area contributed by atoms with Gasteiger partial charge >= 0.3 is 0 Å². The minimum atomic E-state index is -0.146. The number of H-pyrrole nitrogens is 1. The number of nitrogens with zero attached hydrogens (tertiary/aromatic N) is 5. The molecule has 0 bridgehead atoms. The molecule has 0 amide bonds. The Labute approximate surface area is 193 Å². The van der Waals surface area contributed by atoms with Crippen LogP contribution < -0.4 is 0 Å². The monoisotopic (exact) mass is 464 g/mol. The molecule has 3 heterocycles. The normalized spacial score (nSPS) is 11.9. The second-order valence-electron chi connectivity index (χ2n) is 7.51. The quantitative estimate of drug-likeness (QED) is 0.280. The van der Waals surface area contributed by atoms with Gasteiger partial charge in [0.1, 0.15) is 12.0 Å². The molecule has 3 aromatic heterocycles. The second-order valence-corrected chi connectivity index (χ2v) is 8.35. The van der Waals surface area contributed by atoms with E-state index in [2.05, 4.69) is 48.8 Å². The maximum Gasteiger partial charge on any atom is 0.218 e. The van der Waals surface area contributed by atoms with E-state index in [4.69, 9.17) is 23.2 Å². The van der Waals surface area contributed by atoms with Crippen molar-refractivity contribution >= 4 is 56.6 Å². The molecule has 5 rings (SSSR count). The number of aryl methyl sites for hydroxylation is 1. The van der Waals surface area contributed by atoms with Crippen LogP contribution in [0, 0.1) is 13.8 Å². The molecule has 0 spiro atoms. The first-order chi connectivity index (χ1) is 15.4. The molecular formula is C23H18Cl2N6O. The first-order valence-electron chi connectivity index (χ1n) is 9.89. The fraction of sp³-hybridized carbons (Fsp3) is 0.130. The molecule has 160 valence electrons. The van der Waals surface area contributed by atoms with E-state index in [0.717, 1.165) is 22.3 Å². The molecule has 5 aromatic rings. The number of halogens is 2. The number of azo groups is 1. The maximum atomic E-state index is 10.4. The number of hydrogen-bond acceptors (Lipinski definition) is 5. The standard InChI is InChI=1S/C23H18Cl2N6O/c1-12-13(2)31(10-14-6-4-3-5-7-14)22-18(12)21(26-11-27-22)30-29-20-19-16(25)8-15(24)9-17(19)28-23(20)32/h3-9,11,28,32H,10H2,1-2H3. The van der Waals surface area contributed by atoms with Crippen LogP contribution in [-0.2, 0) is 6.54 Å². The predicted molar refractivity (Wildman–Crippen MR) is 127 cm³/mol. The Morgan fingerprint density at radius 1 is 1.03 bits per heavy atom. The SMILES string of the molecule is Cc1c(C)n(Cc2ccccc2)c2ncnc(N=Nc3c(O)[nH]c4cc(Cl)cc(Cl)c34)c12. The fourth-order valence-corrected chi connectivity index (χ4v) is 4.48. The minimum Gasteiger partial charge on any atom is -0.493 e. The van der Waals surface area contributed by atoms with Gasteiger partial charge in [-0.3, -0.25) is 0 Å². The fourth-order valence-electron chi connectivity index (χ4n) is 3.90. The zero-order valence-electron chi connectivity index (χ0n) is 17.3. The van der Waals surface area contributed by atoms with Gasteiger partial charge in [-0.25, -0.2) is 9.97 Å². The van der Waals surface area contributed by atoms with Crippen LogP contribution in [-0.4, -0.2) is 24.6 Å². The molecule has 0 saturated carbocycles. The van der Waals surface area contributed by atoms with Crippen molar-refractivity contribution in [2.75, 3.05) is 0 Å². The number of aromatic amines is 1. The highest BCUT2D eigenvalue weighted by Gasteiger charge is 2.18. The van der Waals surface area contributed by atoms with Crippen molar-refractivity contribution in [1.29, 1.82) is 0 Å². The average Bonchev–Trinajstić information content (AvgIpc) is 3.22. The van der Waals surface area contributed by atoms with Crippen LogP contribution in [0.25, 0.3) is 21.9 Å². The van der Waals surface area contributed by atoms with Gasteiger partial charge in [0.25, 0.3) is 0 Å². The third kappa shape index (κ3) is 3.39. The molecule has 0 aliphatic rings. The summed E-state index contributed by atoms with van der Waals surface area (Å²) in [5.41, 5.74) is 4.85. The lowest BCUT2D eigenvalue weighted by Crippen LogP contribution is -2.02. The van der Waals surface area contributed by atoms with Crippen molar-refractivity contribution in [3.8, 4) is 5.88 Å². The molecule has 2 aromatic carbocycles. The molecule has 0 fully saturated rings. The third-order valence-corrected chi connectivity index (χ3v) is 6.10. The second kappa shape index (κ2) is 7.93. The summed E-state index contributed by atoms with van der Waals surface area (Å²) in [6.07, 6.45) is 1.47. The van der Waals surface area contributed by atoms with Crippen molar-refractivity contribution in [2.24, 2.45) is 10.2 Å². The van der Waals surface area contributed by atoms with Crippen LogP contribution in [0.1, 0.15) is 16.8 Å². The predicted octanol–water partition coefficient (Wildman–Crippen LogP) is 7.01. The Kier molecular flexibility index (Phi) is 5.07. The molecule has 0 aliphatic heterocycles. The molecular weight excluding hydrogens is 447 g/mol. The molecule has 2 N–H and O–H groups in total. The number of aromatic hydroxyl groups is 1. The Balaban J connectivity index is 1.62. The Morgan fingerprint density at radius 3 is 2.59 bits per heavy atom. The van der Waals surface area contributed by atoms with Crippen LogP contribution in [0.4, 0.5) is 11.5 Å². The summed E-state index contributed by atoms with van der Waals surface area (Å²) >= 11 is 12.4. The number of rotatable bonds is 4. The van der Waals surface area contributed by atoms with Gasteiger partial charge in [-0.2, -0.15) is 0 Å². The number of fused-ring (bicyclic) bond motifs is 2. The number of hydrogen-bond donors (Lipinski definition) is 2. The first-order valence-corrected chi connectivity index (χ1v) is 10.7. The van der Waals surface area contributed by atoms with E-state index in [-0.39, 0.29) is 11.6 Å². The van der Waals surface area contributed by atoms with Crippen molar-refractivity contribution in [3.63, 3.8) is 0 Å². The van der Waals surface area contributed by atoms with Crippen LogP contribution >= 0.6 is 23.2 Å². The van der Waals surface area contributed by atoms with Gasteiger partial charge < -0.3 is 14.7 Å². The van der Waals surface area contributed by atoms with Crippen LogP contribution in [0.2, 0.25) is 10.0 Å². The largest absolute Gasteiger partial charge is 0.493 e. The summed E-state index contributed by atoms with van der Waals surface area (Å²) in [7, 11) is 0. The highest BCUT2D eigenvalue weighted by Crippen LogP contribution is 2.42. The summed E-state index contributed by atoms with van der Waals surface area (Å²) in [6.45, 7) is 4.75. The topological polar surface area (TPSA) is 91.4 Å². The van der Waals surface area contributed by atoms with Crippen molar-refractivity contribution in [1.82, 2.24) is 19.5 Å². The Morgan fingerprint density at radius 2 is 1.81 bits per heavy atom. The summed E-state index contributed by atoms with van der Waals surface area (Å²) in [5, 5.41) is 21.2. The Bertz CT molecular complexity index is 1500. The first kappa shape index (κ1) is 20.5.